The van der Waals surface area contributed by atoms with Crippen LogP contribution in [0.15, 0.2) is 61.1 Å². The minimum absolute atomic E-state index is 0.495. The summed E-state index contributed by atoms with van der Waals surface area (Å²) in [5, 5.41) is 7.53. The molecule has 0 saturated carbocycles. The van der Waals surface area contributed by atoms with Crippen LogP contribution in [0.4, 0.5) is 23.3 Å². The number of benzene rings is 2. The number of hydrogen-bond donors (Lipinski definition) is 3. The summed E-state index contributed by atoms with van der Waals surface area (Å²) in [7, 11) is 0. The summed E-state index contributed by atoms with van der Waals surface area (Å²) >= 11 is 0. The number of aromatic nitrogens is 4. The molecule has 0 amide bonds. The Hall–Kier alpha value is -3.41. The Morgan fingerprint density at radius 2 is 1.67 bits per heavy atom. The van der Waals surface area contributed by atoms with Crippen LogP contribution in [-0.4, -0.2) is 19.9 Å². The SMILES string of the molecule is Cc1cccc(Nc2ncnc(Nc3ccc4[nH]ccc4c3)n2)c1. The van der Waals surface area contributed by atoms with Crippen LogP contribution in [0.2, 0.25) is 0 Å². The normalized spacial score (nSPS) is 10.7. The second-order valence-electron chi connectivity index (χ2n) is 5.53. The van der Waals surface area contributed by atoms with E-state index in [4.69, 9.17) is 0 Å². The van der Waals surface area contributed by atoms with Crippen LogP contribution in [0.3, 0.4) is 0 Å². The first-order chi connectivity index (χ1) is 11.8. The van der Waals surface area contributed by atoms with Gasteiger partial charge in [0.1, 0.15) is 6.33 Å². The van der Waals surface area contributed by atoms with Gasteiger partial charge in [-0.25, -0.2) is 9.97 Å². The number of H-pyrrole nitrogens is 1. The van der Waals surface area contributed by atoms with Crippen molar-refractivity contribution < 1.29 is 0 Å². The van der Waals surface area contributed by atoms with Gasteiger partial charge in [-0.05, 0) is 48.9 Å². The van der Waals surface area contributed by atoms with Gasteiger partial charge in [0.15, 0.2) is 0 Å². The average molecular weight is 316 g/mol. The first-order valence-electron chi connectivity index (χ1n) is 7.63. The number of fused-ring (bicyclic) bond motifs is 1. The van der Waals surface area contributed by atoms with Gasteiger partial charge < -0.3 is 15.6 Å². The van der Waals surface area contributed by atoms with Crippen LogP contribution in [-0.2, 0) is 0 Å². The number of anilines is 4. The molecule has 0 atom stereocenters. The van der Waals surface area contributed by atoms with Crippen molar-refractivity contribution in [1.29, 1.82) is 0 Å². The second kappa shape index (κ2) is 6.00. The summed E-state index contributed by atoms with van der Waals surface area (Å²) in [6, 6.07) is 16.1. The highest BCUT2D eigenvalue weighted by atomic mass is 15.2. The number of nitrogens with zero attached hydrogens (tertiary/aromatic N) is 3. The van der Waals surface area contributed by atoms with E-state index in [1.807, 2.05) is 61.7 Å². The van der Waals surface area contributed by atoms with Crippen LogP contribution in [0, 0.1) is 6.92 Å². The highest BCUT2D eigenvalue weighted by Gasteiger charge is 2.03. The zero-order valence-electron chi connectivity index (χ0n) is 13.1. The summed E-state index contributed by atoms with van der Waals surface area (Å²) in [5.74, 6) is 0.996. The van der Waals surface area contributed by atoms with E-state index in [0.29, 0.717) is 11.9 Å². The molecule has 6 nitrogen and oxygen atoms in total. The van der Waals surface area contributed by atoms with Crippen molar-refractivity contribution in [3.8, 4) is 0 Å². The maximum absolute atomic E-state index is 4.41. The Bertz CT molecular complexity index is 991. The van der Waals surface area contributed by atoms with E-state index in [1.54, 1.807) is 0 Å². The lowest BCUT2D eigenvalue weighted by molar-refractivity contribution is 1.06. The zero-order chi connectivity index (χ0) is 16.4. The molecule has 0 fully saturated rings. The van der Waals surface area contributed by atoms with Gasteiger partial charge in [-0.15, -0.1) is 0 Å². The third-order valence-corrected chi connectivity index (χ3v) is 3.66. The van der Waals surface area contributed by atoms with E-state index < -0.39 is 0 Å². The second-order valence-corrected chi connectivity index (χ2v) is 5.53. The smallest absolute Gasteiger partial charge is 0.232 e. The van der Waals surface area contributed by atoms with Crippen LogP contribution in [0.25, 0.3) is 10.9 Å². The lowest BCUT2D eigenvalue weighted by Gasteiger charge is -2.08. The Morgan fingerprint density at radius 1 is 0.875 bits per heavy atom. The first kappa shape index (κ1) is 14.2. The van der Waals surface area contributed by atoms with E-state index in [2.05, 4.69) is 30.6 Å². The average Bonchev–Trinajstić information content (AvgIpc) is 3.03. The van der Waals surface area contributed by atoms with Crippen LogP contribution in [0.5, 0.6) is 0 Å². The van der Waals surface area contributed by atoms with Crippen molar-refractivity contribution in [2.24, 2.45) is 0 Å². The van der Waals surface area contributed by atoms with E-state index >= 15 is 0 Å². The number of rotatable bonds is 4. The predicted octanol–water partition coefficient (Wildman–Crippen LogP) is 4.15. The van der Waals surface area contributed by atoms with Gasteiger partial charge in [-0.1, -0.05) is 12.1 Å². The molecule has 0 aliphatic heterocycles. The summed E-state index contributed by atoms with van der Waals surface area (Å²) in [5.41, 5.74) is 4.14. The molecule has 0 radical (unpaired) electrons. The molecular weight excluding hydrogens is 300 g/mol. The Labute approximate surface area is 139 Å². The minimum Gasteiger partial charge on any atom is -0.361 e. The molecule has 0 unspecified atom stereocenters. The molecule has 3 N–H and O–H groups in total. The first-order valence-corrected chi connectivity index (χ1v) is 7.63. The lowest BCUT2D eigenvalue weighted by Crippen LogP contribution is -2.02. The molecule has 0 aliphatic carbocycles. The molecule has 2 heterocycles. The lowest BCUT2D eigenvalue weighted by atomic mass is 10.2. The van der Waals surface area contributed by atoms with Crippen LogP contribution >= 0.6 is 0 Å². The zero-order valence-corrected chi connectivity index (χ0v) is 13.1. The third kappa shape index (κ3) is 3.03. The Morgan fingerprint density at radius 3 is 2.46 bits per heavy atom. The van der Waals surface area contributed by atoms with Gasteiger partial charge in [0, 0.05) is 28.5 Å². The standard InChI is InChI=1S/C18H16N6/c1-12-3-2-4-14(9-12)22-17-20-11-21-18(24-17)23-15-5-6-16-13(10-15)7-8-19-16/h2-11,19H,1H3,(H2,20,21,22,23,24). The summed E-state index contributed by atoms with van der Waals surface area (Å²) in [6.45, 7) is 2.04. The molecule has 0 saturated heterocycles. The topological polar surface area (TPSA) is 78.5 Å². The molecule has 4 rings (SSSR count). The van der Waals surface area contributed by atoms with E-state index in [9.17, 15) is 0 Å². The maximum Gasteiger partial charge on any atom is 0.232 e. The predicted molar refractivity (Wildman–Crippen MR) is 95.9 cm³/mol. The minimum atomic E-state index is 0.495. The Kier molecular flexibility index (Phi) is 3.55. The number of nitrogens with one attached hydrogen (secondary N) is 3. The molecule has 4 aromatic rings. The highest BCUT2D eigenvalue weighted by Crippen LogP contribution is 2.21. The summed E-state index contributed by atoms with van der Waals surface area (Å²) in [4.78, 5) is 15.9. The molecule has 6 heteroatoms. The molecule has 0 spiro atoms. The highest BCUT2D eigenvalue weighted by molar-refractivity contribution is 5.83. The molecule has 24 heavy (non-hydrogen) atoms. The van der Waals surface area contributed by atoms with Crippen molar-refractivity contribution in [2.75, 3.05) is 10.6 Å². The molecule has 0 bridgehead atoms. The molecule has 0 aliphatic rings. The molecule has 118 valence electrons. The fourth-order valence-electron chi connectivity index (χ4n) is 2.53. The third-order valence-electron chi connectivity index (χ3n) is 3.66. The summed E-state index contributed by atoms with van der Waals surface area (Å²) in [6.07, 6.45) is 3.41. The van der Waals surface area contributed by atoms with Crippen molar-refractivity contribution in [3.63, 3.8) is 0 Å². The van der Waals surface area contributed by atoms with Gasteiger partial charge >= 0.3 is 0 Å². The summed E-state index contributed by atoms with van der Waals surface area (Å²) < 4.78 is 0. The van der Waals surface area contributed by atoms with Gasteiger partial charge in [0.25, 0.3) is 0 Å². The van der Waals surface area contributed by atoms with Crippen molar-refractivity contribution in [1.82, 2.24) is 19.9 Å². The monoisotopic (exact) mass is 316 g/mol. The van der Waals surface area contributed by atoms with Gasteiger partial charge in [-0.3, -0.25) is 0 Å². The van der Waals surface area contributed by atoms with Crippen LogP contribution in [0.1, 0.15) is 5.56 Å². The number of hydrogen-bond acceptors (Lipinski definition) is 5. The number of aromatic amines is 1. The number of aryl methyl sites for hydroxylation is 1. The quantitative estimate of drug-likeness (QED) is 0.527. The largest absolute Gasteiger partial charge is 0.361 e. The molecule has 2 aromatic carbocycles. The molecule has 2 aromatic heterocycles. The van der Waals surface area contributed by atoms with Gasteiger partial charge in [0.2, 0.25) is 11.9 Å². The van der Waals surface area contributed by atoms with Gasteiger partial charge in [0.05, 0.1) is 0 Å². The van der Waals surface area contributed by atoms with E-state index in [0.717, 1.165) is 22.3 Å². The van der Waals surface area contributed by atoms with E-state index in [1.165, 1.54) is 11.9 Å². The van der Waals surface area contributed by atoms with Crippen molar-refractivity contribution >= 4 is 34.2 Å². The fourth-order valence-corrected chi connectivity index (χ4v) is 2.53. The Balaban J connectivity index is 1.55. The van der Waals surface area contributed by atoms with Crippen molar-refractivity contribution in [3.05, 3.63) is 66.6 Å². The van der Waals surface area contributed by atoms with Gasteiger partial charge in [-0.2, -0.15) is 4.98 Å². The van der Waals surface area contributed by atoms with Crippen LogP contribution < -0.4 is 10.6 Å². The van der Waals surface area contributed by atoms with E-state index in [-0.39, 0.29) is 0 Å². The molecular formula is C18H16N6. The fraction of sp³-hybridized carbons (Fsp3) is 0.0556. The van der Waals surface area contributed by atoms with Crippen molar-refractivity contribution in [2.45, 2.75) is 6.92 Å². The maximum atomic E-state index is 4.41.